The third-order valence-corrected chi connectivity index (χ3v) is 4.99. The molecular weight excluding hydrogens is 380 g/mol. The van der Waals surface area contributed by atoms with Gasteiger partial charge in [-0.15, -0.1) is 0 Å². The fourth-order valence-corrected chi connectivity index (χ4v) is 3.67. The summed E-state index contributed by atoms with van der Waals surface area (Å²) in [4.78, 5) is -0.0552. The van der Waals surface area contributed by atoms with Gasteiger partial charge in [0.2, 0.25) is 0 Å². The van der Waals surface area contributed by atoms with Crippen LogP contribution in [0.25, 0.3) is 0 Å². The molecule has 0 aliphatic heterocycles. The van der Waals surface area contributed by atoms with Gasteiger partial charge in [0.25, 0.3) is 10.0 Å². The van der Waals surface area contributed by atoms with E-state index in [9.17, 15) is 8.42 Å². The van der Waals surface area contributed by atoms with E-state index >= 15 is 0 Å². The normalized spacial score (nSPS) is 11.2. The van der Waals surface area contributed by atoms with Gasteiger partial charge in [0.15, 0.2) is 0 Å². The molecule has 0 saturated carbocycles. The van der Waals surface area contributed by atoms with Crippen LogP contribution in [0.4, 0.5) is 11.4 Å². The van der Waals surface area contributed by atoms with Gasteiger partial charge in [-0.05, 0) is 36.4 Å². The summed E-state index contributed by atoms with van der Waals surface area (Å²) < 4.78 is 33.1. The third kappa shape index (κ3) is 3.61. The Morgan fingerprint density at radius 3 is 2.57 bits per heavy atom. The van der Waals surface area contributed by atoms with Crippen molar-refractivity contribution in [3.05, 3.63) is 45.9 Å². The number of sulfonamides is 1. The minimum Gasteiger partial charge on any atom is -0.495 e. The van der Waals surface area contributed by atoms with Crippen molar-refractivity contribution in [1.29, 1.82) is 0 Å². The Kier molecular flexibility index (Phi) is 4.65. The molecule has 0 saturated heterocycles. The molecule has 0 amide bonds. The first-order chi connectivity index (χ1) is 9.83. The standard InChI is InChI=1S/C13H12BrClN2O3S/c1-20-12-4-2-8(14)6-11(12)17-21(18,19)13-5-3-9(16)7-10(13)15/h2-7,17H,16H2,1H3. The first-order valence-corrected chi connectivity index (χ1v) is 8.40. The topological polar surface area (TPSA) is 81.4 Å². The van der Waals surface area contributed by atoms with Gasteiger partial charge in [-0.2, -0.15) is 0 Å². The summed E-state index contributed by atoms with van der Waals surface area (Å²) in [6.45, 7) is 0. The van der Waals surface area contributed by atoms with Crippen LogP contribution < -0.4 is 15.2 Å². The minimum atomic E-state index is -3.85. The van der Waals surface area contributed by atoms with Crippen LogP contribution in [-0.2, 0) is 10.0 Å². The second-order valence-corrected chi connectivity index (χ2v) is 7.11. The first-order valence-electron chi connectivity index (χ1n) is 5.75. The molecule has 0 spiro atoms. The molecule has 0 radical (unpaired) electrons. The van der Waals surface area contributed by atoms with Crippen molar-refractivity contribution < 1.29 is 13.2 Å². The van der Waals surface area contributed by atoms with Crippen molar-refractivity contribution in [2.75, 3.05) is 17.6 Å². The van der Waals surface area contributed by atoms with Crippen molar-refractivity contribution in [3.8, 4) is 5.75 Å². The van der Waals surface area contributed by atoms with Crippen molar-refractivity contribution in [3.63, 3.8) is 0 Å². The summed E-state index contributed by atoms with van der Waals surface area (Å²) in [5.74, 6) is 0.397. The number of ether oxygens (including phenoxy) is 1. The van der Waals surface area contributed by atoms with E-state index in [-0.39, 0.29) is 9.92 Å². The first kappa shape index (κ1) is 15.9. The zero-order valence-corrected chi connectivity index (χ0v) is 14.1. The van der Waals surface area contributed by atoms with E-state index in [2.05, 4.69) is 20.7 Å². The number of rotatable bonds is 4. The number of nitrogens with one attached hydrogen (secondary N) is 1. The van der Waals surface area contributed by atoms with Crippen LogP contribution in [0.1, 0.15) is 0 Å². The Hall–Kier alpha value is -1.44. The highest BCUT2D eigenvalue weighted by atomic mass is 79.9. The molecule has 112 valence electrons. The van der Waals surface area contributed by atoms with Gasteiger partial charge in [-0.25, -0.2) is 8.42 Å². The van der Waals surface area contributed by atoms with Gasteiger partial charge in [0.05, 0.1) is 17.8 Å². The molecule has 0 fully saturated rings. The number of hydrogen-bond acceptors (Lipinski definition) is 4. The lowest BCUT2D eigenvalue weighted by atomic mass is 10.3. The second-order valence-electron chi connectivity index (χ2n) is 4.14. The van der Waals surface area contributed by atoms with Crippen LogP contribution >= 0.6 is 27.5 Å². The van der Waals surface area contributed by atoms with Gasteiger partial charge in [0.1, 0.15) is 10.6 Å². The molecule has 21 heavy (non-hydrogen) atoms. The molecule has 0 heterocycles. The van der Waals surface area contributed by atoms with Gasteiger partial charge in [0, 0.05) is 10.2 Å². The molecule has 0 aliphatic carbocycles. The summed E-state index contributed by atoms with van der Waals surface area (Å²) in [5.41, 5.74) is 6.26. The number of nitrogen functional groups attached to an aromatic ring is 1. The lowest BCUT2D eigenvalue weighted by Gasteiger charge is -2.13. The molecule has 2 aromatic rings. The van der Waals surface area contributed by atoms with Crippen LogP contribution in [0, 0.1) is 0 Å². The molecule has 8 heteroatoms. The van der Waals surface area contributed by atoms with Gasteiger partial charge >= 0.3 is 0 Å². The maximum atomic E-state index is 12.4. The van der Waals surface area contributed by atoms with E-state index in [1.54, 1.807) is 18.2 Å². The van der Waals surface area contributed by atoms with Crippen LogP contribution in [0.3, 0.4) is 0 Å². The van der Waals surface area contributed by atoms with Crippen molar-refractivity contribution in [2.24, 2.45) is 0 Å². The second kappa shape index (κ2) is 6.13. The van der Waals surface area contributed by atoms with Gasteiger partial charge < -0.3 is 10.5 Å². The van der Waals surface area contributed by atoms with Crippen molar-refractivity contribution in [2.45, 2.75) is 4.90 Å². The predicted octanol–water partition coefficient (Wildman–Crippen LogP) is 3.49. The highest BCUT2D eigenvalue weighted by Crippen LogP contribution is 2.31. The smallest absolute Gasteiger partial charge is 0.263 e. The summed E-state index contributed by atoms with van der Waals surface area (Å²) in [6.07, 6.45) is 0. The predicted molar refractivity (Wildman–Crippen MR) is 87.4 cm³/mol. The average molecular weight is 392 g/mol. The summed E-state index contributed by atoms with van der Waals surface area (Å²) in [5, 5.41) is 0.0523. The molecule has 2 rings (SSSR count). The lowest BCUT2D eigenvalue weighted by Crippen LogP contribution is -2.14. The number of nitrogens with two attached hydrogens (primary N) is 1. The highest BCUT2D eigenvalue weighted by molar-refractivity contribution is 9.10. The maximum absolute atomic E-state index is 12.4. The van der Waals surface area contributed by atoms with Crippen LogP contribution in [0.15, 0.2) is 45.8 Å². The van der Waals surface area contributed by atoms with Crippen LogP contribution in [-0.4, -0.2) is 15.5 Å². The van der Waals surface area contributed by atoms with Gasteiger partial charge in [-0.1, -0.05) is 27.5 Å². The zero-order valence-electron chi connectivity index (χ0n) is 10.9. The number of benzene rings is 2. The number of hydrogen-bond donors (Lipinski definition) is 2. The van der Waals surface area contributed by atoms with Crippen LogP contribution in [0.2, 0.25) is 5.02 Å². The molecule has 0 aliphatic rings. The summed E-state index contributed by atoms with van der Waals surface area (Å²) in [7, 11) is -2.39. The Balaban J connectivity index is 2.44. The molecule has 2 aromatic carbocycles. The van der Waals surface area contributed by atoms with Crippen molar-refractivity contribution in [1.82, 2.24) is 0 Å². The quantitative estimate of drug-likeness (QED) is 0.782. The molecule has 0 aromatic heterocycles. The Bertz CT molecular complexity index is 781. The molecule has 0 atom stereocenters. The van der Waals surface area contributed by atoms with Crippen LogP contribution in [0.5, 0.6) is 5.75 Å². The SMILES string of the molecule is COc1ccc(Br)cc1NS(=O)(=O)c1ccc(N)cc1Cl. The minimum absolute atomic E-state index is 0.0523. The third-order valence-electron chi connectivity index (χ3n) is 2.65. The fourth-order valence-electron chi connectivity index (χ4n) is 1.69. The Labute approximate surface area is 136 Å². The molecule has 0 unspecified atom stereocenters. The van der Waals surface area contributed by atoms with Gasteiger partial charge in [-0.3, -0.25) is 4.72 Å². The number of anilines is 2. The Morgan fingerprint density at radius 2 is 1.95 bits per heavy atom. The molecule has 5 nitrogen and oxygen atoms in total. The van der Waals surface area contributed by atoms with E-state index < -0.39 is 10.0 Å². The van der Waals surface area contributed by atoms with Crippen molar-refractivity contribution >= 4 is 48.9 Å². The molecule has 3 N–H and O–H groups in total. The summed E-state index contributed by atoms with van der Waals surface area (Å²) >= 11 is 9.23. The highest BCUT2D eigenvalue weighted by Gasteiger charge is 2.20. The zero-order chi connectivity index (χ0) is 15.6. The maximum Gasteiger partial charge on any atom is 0.263 e. The Morgan fingerprint density at radius 1 is 1.24 bits per heavy atom. The van der Waals surface area contributed by atoms with E-state index in [1.165, 1.54) is 25.3 Å². The lowest BCUT2D eigenvalue weighted by molar-refractivity contribution is 0.417. The van der Waals surface area contributed by atoms with E-state index in [1.807, 2.05) is 0 Å². The monoisotopic (exact) mass is 390 g/mol. The van der Waals surface area contributed by atoms with E-state index in [0.29, 0.717) is 21.6 Å². The molecular formula is C13H12BrClN2O3S. The average Bonchev–Trinajstić information content (AvgIpc) is 2.37. The largest absolute Gasteiger partial charge is 0.495 e. The fraction of sp³-hybridized carbons (Fsp3) is 0.0769. The van der Waals surface area contributed by atoms with E-state index in [4.69, 9.17) is 22.1 Å². The van der Waals surface area contributed by atoms with E-state index in [0.717, 1.165) is 0 Å². The molecule has 0 bridgehead atoms. The summed E-state index contributed by atoms with van der Waals surface area (Å²) in [6, 6.07) is 9.19. The number of halogens is 2. The number of methoxy groups -OCH3 is 1.